The number of hydrogen-bond acceptors (Lipinski definition) is 4. The van der Waals surface area contributed by atoms with E-state index in [-0.39, 0.29) is 5.82 Å². The summed E-state index contributed by atoms with van der Waals surface area (Å²) in [6.07, 6.45) is 0. The van der Waals surface area contributed by atoms with E-state index in [4.69, 9.17) is 4.74 Å². The second kappa shape index (κ2) is 8.43. The van der Waals surface area contributed by atoms with Gasteiger partial charge in [0, 0.05) is 9.79 Å². The molecule has 3 aromatic carbocycles. The number of halogens is 1. The quantitative estimate of drug-likeness (QED) is 0.308. The van der Waals surface area contributed by atoms with Crippen LogP contribution in [0.4, 0.5) is 4.39 Å². The zero-order chi connectivity index (χ0) is 18.4. The number of benzene rings is 3. The molecule has 0 N–H and O–H groups in total. The molecule has 2 nitrogen and oxygen atoms in total. The molecule has 0 aliphatic carbocycles. The predicted molar refractivity (Wildman–Crippen MR) is 105 cm³/mol. The van der Waals surface area contributed by atoms with Crippen molar-refractivity contribution < 1.29 is 13.9 Å². The highest BCUT2D eigenvalue weighted by Gasteiger charge is 2.44. The normalized spacial score (nSPS) is 11.2. The van der Waals surface area contributed by atoms with Crippen LogP contribution in [0.5, 0.6) is 0 Å². The zero-order valence-corrected chi connectivity index (χ0v) is 15.7. The van der Waals surface area contributed by atoms with E-state index in [0.29, 0.717) is 5.56 Å². The fourth-order valence-corrected chi connectivity index (χ4v) is 5.29. The Morgan fingerprint density at radius 1 is 0.808 bits per heavy atom. The molecule has 0 atom stereocenters. The lowest BCUT2D eigenvalue weighted by atomic mass is 10.1. The van der Waals surface area contributed by atoms with Crippen molar-refractivity contribution in [1.29, 1.82) is 0 Å². The molecule has 0 amide bonds. The van der Waals surface area contributed by atoms with E-state index in [0.717, 1.165) is 9.79 Å². The van der Waals surface area contributed by atoms with Crippen molar-refractivity contribution in [1.82, 2.24) is 0 Å². The third kappa shape index (κ3) is 4.11. The van der Waals surface area contributed by atoms with Crippen LogP contribution in [0.3, 0.4) is 0 Å². The molecule has 132 valence electrons. The largest absolute Gasteiger partial charge is 0.467 e. The Kier molecular flexibility index (Phi) is 6.01. The second-order valence-corrected chi connectivity index (χ2v) is 8.28. The Morgan fingerprint density at radius 3 is 1.69 bits per heavy atom. The number of ether oxygens (including phenoxy) is 1. The van der Waals surface area contributed by atoms with Gasteiger partial charge < -0.3 is 4.74 Å². The van der Waals surface area contributed by atoms with Crippen molar-refractivity contribution in [2.75, 3.05) is 7.11 Å². The maximum Gasteiger partial charge on any atom is 0.337 e. The van der Waals surface area contributed by atoms with Crippen LogP contribution in [0.15, 0.2) is 94.7 Å². The Morgan fingerprint density at radius 2 is 1.27 bits per heavy atom. The molecule has 0 heterocycles. The van der Waals surface area contributed by atoms with Crippen molar-refractivity contribution in [2.45, 2.75) is 13.9 Å². The van der Waals surface area contributed by atoms with Gasteiger partial charge in [-0.15, -0.1) is 0 Å². The topological polar surface area (TPSA) is 26.3 Å². The minimum absolute atomic E-state index is 0.345. The Labute approximate surface area is 160 Å². The first-order chi connectivity index (χ1) is 12.6. The van der Waals surface area contributed by atoms with Crippen LogP contribution < -0.4 is 0 Å². The van der Waals surface area contributed by atoms with Gasteiger partial charge in [0.1, 0.15) is 5.82 Å². The monoisotopic (exact) mass is 384 g/mol. The first-order valence-electron chi connectivity index (χ1n) is 7.96. The summed E-state index contributed by atoms with van der Waals surface area (Å²) >= 11 is 2.78. The number of carbonyl (C=O) groups is 1. The van der Waals surface area contributed by atoms with Gasteiger partial charge in [-0.05, 0) is 42.0 Å². The molecule has 0 unspecified atom stereocenters. The average Bonchev–Trinajstić information content (AvgIpc) is 2.69. The van der Waals surface area contributed by atoms with Gasteiger partial charge in [-0.2, -0.15) is 0 Å². The summed E-state index contributed by atoms with van der Waals surface area (Å²) in [5.74, 6) is -0.742. The SMILES string of the molecule is COC(=O)C(Sc1ccccc1)(Sc1ccccc1)c1ccc(F)cc1. The third-order valence-electron chi connectivity index (χ3n) is 3.69. The minimum atomic E-state index is -1.09. The lowest BCUT2D eigenvalue weighted by molar-refractivity contribution is -0.141. The average molecular weight is 384 g/mol. The van der Waals surface area contributed by atoms with E-state index < -0.39 is 10.0 Å². The molecule has 0 radical (unpaired) electrons. The highest BCUT2D eigenvalue weighted by molar-refractivity contribution is 8.18. The van der Waals surface area contributed by atoms with E-state index in [9.17, 15) is 9.18 Å². The highest BCUT2D eigenvalue weighted by atomic mass is 32.2. The van der Waals surface area contributed by atoms with Gasteiger partial charge in [-0.3, -0.25) is 0 Å². The van der Waals surface area contributed by atoms with Crippen molar-refractivity contribution in [3.05, 3.63) is 96.3 Å². The number of carbonyl (C=O) groups excluding carboxylic acids is 1. The van der Waals surface area contributed by atoms with Gasteiger partial charge in [-0.1, -0.05) is 72.1 Å². The molecule has 0 aliphatic heterocycles. The van der Waals surface area contributed by atoms with Crippen molar-refractivity contribution in [2.24, 2.45) is 0 Å². The zero-order valence-electron chi connectivity index (χ0n) is 14.1. The van der Waals surface area contributed by atoms with Gasteiger partial charge in [-0.25, -0.2) is 9.18 Å². The van der Waals surface area contributed by atoms with Crippen molar-refractivity contribution >= 4 is 29.5 Å². The van der Waals surface area contributed by atoms with Crippen LogP contribution in [0.25, 0.3) is 0 Å². The first kappa shape index (κ1) is 18.5. The van der Waals surface area contributed by atoms with Crippen LogP contribution in [-0.4, -0.2) is 13.1 Å². The number of thioether (sulfide) groups is 2. The fraction of sp³-hybridized carbons (Fsp3) is 0.0952. The van der Waals surface area contributed by atoms with E-state index in [1.807, 2.05) is 60.7 Å². The van der Waals surface area contributed by atoms with Crippen LogP contribution in [-0.2, 0) is 13.6 Å². The summed E-state index contributed by atoms with van der Waals surface area (Å²) in [5, 5.41) is 0. The Bertz CT molecular complexity index is 811. The summed E-state index contributed by atoms with van der Waals surface area (Å²) in [6, 6.07) is 25.3. The number of methoxy groups -OCH3 is 1. The Balaban J connectivity index is 2.12. The molecule has 0 aromatic heterocycles. The molecule has 3 aromatic rings. The Hall–Kier alpha value is -2.24. The van der Waals surface area contributed by atoms with E-state index in [1.165, 1.54) is 42.8 Å². The molecule has 3 rings (SSSR count). The molecular weight excluding hydrogens is 367 g/mol. The minimum Gasteiger partial charge on any atom is -0.467 e. The lowest BCUT2D eigenvalue weighted by Crippen LogP contribution is -2.30. The summed E-state index contributed by atoms with van der Waals surface area (Å²) in [5.41, 5.74) is 0.674. The van der Waals surface area contributed by atoms with Gasteiger partial charge in [0.15, 0.2) is 4.08 Å². The van der Waals surface area contributed by atoms with E-state index in [1.54, 1.807) is 12.1 Å². The van der Waals surface area contributed by atoms with Crippen LogP contribution in [0.2, 0.25) is 0 Å². The molecular formula is C21H17FO2S2. The molecule has 0 saturated heterocycles. The fourth-order valence-electron chi connectivity index (χ4n) is 2.45. The predicted octanol–water partition coefficient (Wildman–Crippen LogP) is 5.74. The maximum absolute atomic E-state index is 13.5. The highest BCUT2D eigenvalue weighted by Crippen LogP contribution is 2.53. The maximum atomic E-state index is 13.5. The molecule has 26 heavy (non-hydrogen) atoms. The number of hydrogen-bond donors (Lipinski definition) is 0. The smallest absolute Gasteiger partial charge is 0.337 e. The number of rotatable bonds is 6. The van der Waals surface area contributed by atoms with Crippen LogP contribution in [0.1, 0.15) is 5.56 Å². The second-order valence-electron chi connectivity index (χ2n) is 5.45. The van der Waals surface area contributed by atoms with Crippen molar-refractivity contribution in [3.8, 4) is 0 Å². The molecule has 0 spiro atoms. The standard InChI is InChI=1S/C21H17FO2S2/c1-24-20(23)21(16-12-14-17(22)15-13-16,25-18-8-4-2-5-9-18)26-19-10-6-3-7-11-19/h2-15H,1H3. The molecule has 0 aliphatic rings. The number of esters is 1. The third-order valence-corrected chi connectivity index (χ3v) is 6.58. The van der Waals surface area contributed by atoms with Gasteiger partial charge >= 0.3 is 5.97 Å². The van der Waals surface area contributed by atoms with Crippen LogP contribution >= 0.6 is 23.5 Å². The summed E-state index contributed by atoms with van der Waals surface area (Å²) in [4.78, 5) is 14.8. The van der Waals surface area contributed by atoms with Gasteiger partial charge in [0.25, 0.3) is 0 Å². The summed E-state index contributed by atoms with van der Waals surface area (Å²) in [7, 11) is 1.37. The lowest BCUT2D eigenvalue weighted by Gasteiger charge is -2.30. The van der Waals surface area contributed by atoms with E-state index >= 15 is 0 Å². The van der Waals surface area contributed by atoms with Gasteiger partial charge in [0.2, 0.25) is 0 Å². The summed E-state index contributed by atoms with van der Waals surface area (Å²) < 4.78 is 17.6. The first-order valence-corrected chi connectivity index (χ1v) is 9.60. The van der Waals surface area contributed by atoms with Gasteiger partial charge in [0.05, 0.1) is 7.11 Å². The summed E-state index contributed by atoms with van der Waals surface area (Å²) in [6.45, 7) is 0. The van der Waals surface area contributed by atoms with E-state index in [2.05, 4.69) is 0 Å². The van der Waals surface area contributed by atoms with Crippen molar-refractivity contribution in [3.63, 3.8) is 0 Å². The molecule has 5 heteroatoms. The molecule has 0 bridgehead atoms. The molecule has 0 fully saturated rings. The van der Waals surface area contributed by atoms with Crippen LogP contribution in [0, 0.1) is 5.82 Å². The molecule has 0 saturated carbocycles.